The molecule has 14 aromatic carbocycles. The number of rotatable bonds is 11. The number of hydrogen-bond acceptors (Lipinski definition) is 1. The number of hydrogen-bond donors (Lipinski definition) is 0. The Labute approximate surface area is 478 Å². The predicted molar refractivity (Wildman–Crippen MR) is 349 cm³/mol. The van der Waals surface area contributed by atoms with Crippen molar-refractivity contribution < 1.29 is 0 Å². The van der Waals surface area contributed by atoms with Crippen molar-refractivity contribution in [3.63, 3.8) is 0 Å². The van der Waals surface area contributed by atoms with Gasteiger partial charge in [0, 0.05) is 33.5 Å². The topological polar surface area (TPSA) is 8.17 Å². The first kappa shape index (κ1) is 48.3. The Morgan fingerprint density at radius 3 is 0.902 bits per heavy atom. The fourth-order valence-electron chi connectivity index (χ4n) is 12.3. The van der Waals surface area contributed by atoms with Crippen molar-refractivity contribution >= 4 is 60.4 Å². The zero-order valence-corrected chi connectivity index (χ0v) is 45.1. The summed E-state index contributed by atoms with van der Waals surface area (Å²) >= 11 is 0. The standard InChI is InChI=1S/C80H54N2/c1-3-30-73-58(16-1)18-14-34-75(73)67-27-11-22-62(52-67)57-42-48-71(49-43-57)81(69-44-38-55(39-45-69)60-20-9-23-63(50-60)65-25-12-28-68(53-65)76-35-15-19-59-17-2-4-31-74(59)76)70-46-40-56(41-47-70)61-21-10-24-64(51-61)66-26-13-29-72(54-66)82-79-36-7-5-32-77(79)78-33-6-8-37-80(78)82/h1-54H. The maximum Gasteiger partial charge on any atom is 0.0541 e. The van der Waals surface area contributed by atoms with Crippen LogP contribution in [0.3, 0.4) is 0 Å². The SMILES string of the molecule is c1cc(-c2ccc(N(c3ccc(-c4cccc(-c5cccc(-n6c7ccccc7c7ccccc76)c5)c4)cc3)c3ccc(-c4cccc(-c5cccc6ccccc56)c4)cc3)cc2)cc(-c2cccc(-c3cccc4ccccc34)c2)c1. The molecular formula is C80H54N2. The molecule has 0 radical (unpaired) electrons. The molecule has 0 amide bonds. The second-order valence-corrected chi connectivity index (χ2v) is 21.3. The van der Waals surface area contributed by atoms with Gasteiger partial charge in [0.1, 0.15) is 0 Å². The van der Waals surface area contributed by atoms with Crippen LogP contribution in [0.5, 0.6) is 0 Å². The Morgan fingerprint density at radius 1 is 0.195 bits per heavy atom. The second-order valence-electron chi connectivity index (χ2n) is 21.3. The number of benzene rings is 14. The number of fused-ring (bicyclic) bond motifs is 5. The summed E-state index contributed by atoms with van der Waals surface area (Å²) in [4.78, 5) is 2.37. The molecule has 0 aliphatic rings. The molecule has 1 heterocycles. The van der Waals surface area contributed by atoms with Gasteiger partial charge in [0.15, 0.2) is 0 Å². The van der Waals surface area contributed by atoms with Gasteiger partial charge in [-0.1, -0.05) is 243 Å². The summed E-state index contributed by atoms with van der Waals surface area (Å²) in [6.45, 7) is 0. The molecule has 2 heteroatoms. The van der Waals surface area contributed by atoms with Gasteiger partial charge in [-0.3, -0.25) is 0 Å². The van der Waals surface area contributed by atoms with E-state index in [0.717, 1.165) is 33.9 Å². The average Bonchev–Trinajstić information content (AvgIpc) is 4.14. The summed E-state index contributed by atoms with van der Waals surface area (Å²) in [7, 11) is 0. The Bertz CT molecular complexity index is 4790. The van der Waals surface area contributed by atoms with Crippen LogP contribution in [0, 0.1) is 0 Å². The average molecular weight is 1040 g/mol. The smallest absolute Gasteiger partial charge is 0.0541 e. The number of nitrogens with zero attached hydrogens (tertiary/aromatic N) is 2. The highest BCUT2D eigenvalue weighted by Gasteiger charge is 2.17. The molecule has 0 spiro atoms. The van der Waals surface area contributed by atoms with Gasteiger partial charge in [0.25, 0.3) is 0 Å². The minimum Gasteiger partial charge on any atom is -0.311 e. The zero-order valence-electron chi connectivity index (χ0n) is 45.1. The number of para-hydroxylation sites is 2. The first-order valence-electron chi connectivity index (χ1n) is 28.2. The normalized spacial score (nSPS) is 11.4. The fourth-order valence-corrected chi connectivity index (χ4v) is 12.3. The van der Waals surface area contributed by atoms with E-state index in [4.69, 9.17) is 0 Å². The molecule has 0 atom stereocenters. The molecule has 2 nitrogen and oxygen atoms in total. The number of aromatic nitrogens is 1. The lowest BCUT2D eigenvalue weighted by molar-refractivity contribution is 1.18. The van der Waals surface area contributed by atoms with Crippen LogP contribution in [0.15, 0.2) is 328 Å². The predicted octanol–water partition coefficient (Wildman–Crippen LogP) is 22.2. The monoisotopic (exact) mass is 1040 g/mol. The molecule has 82 heavy (non-hydrogen) atoms. The molecule has 15 aromatic rings. The van der Waals surface area contributed by atoms with Gasteiger partial charge in [0.05, 0.1) is 11.0 Å². The zero-order chi connectivity index (χ0) is 54.3. The highest BCUT2D eigenvalue weighted by atomic mass is 15.1. The lowest BCUT2D eigenvalue weighted by atomic mass is 9.94. The van der Waals surface area contributed by atoms with Crippen LogP contribution in [0.4, 0.5) is 17.1 Å². The van der Waals surface area contributed by atoms with E-state index in [-0.39, 0.29) is 0 Å². The van der Waals surface area contributed by atoms with E-state index in [0.29, 0.717) is 0 Å². The summed E-state index contributed by atoms with van der Waals surface area (Å²) in [6, 6.07) is 120. The molecule has 0 saturated heterocycles. The van der Waals surface area contributed by atoms with Gasteiger partial charge in [-0.05, 0) is 184 Å². The summed E-state index contributed by atoms with van der Waals surface area (Å²) in [5.41, 5.74) is 23.4. The van der Waals surface area contributed by atoms with Gasteiger partial charge < -0.3 is 9.47 Å². The van der Waals surface area contributed by atoms with Crippen LogP contribution in [0.2, 0.25) is 0 Å². The third-order valence-corrected chi connectivity index (χ3v) is 16.4. The van der Waals surface area contributed by atoms with Crippen molar-refractivity contribution in [1.82, 2.24) is 4.57 Å². The third-order valence-electron chi connectivity index (χ3n) is 16.4. The second kappa shape index (κ2) is 20.8. The minimum atomic E-state index is 1.07. The molecular weight excluding hydrogens is 989 g/mol. The Morgan fingerprint density at radius 2 is 0.488 bits per heavy atom. The van der Waals surface area contributed by atoms with Gasteiger partial charge in [-0.2, -0.15) is 0 Å². The molecule has 0 aliphatic heterocycles. The largest absolute Gasteiger partial charge is 0.311 e. The molecule has 384 valence electrons. The van der Waals surface area contributed by atoms with Gasteiger partial charge in [0.2, 0.25) is 0 Å². The summed E-state index contributed by atoms with van der Waals surface area (Å²) in [5, 5.41) is 7.54. The van der Waals surface area contributed by atoms with Crippen molar-refractivity contribution in [3.05, 3.63) is 328 Å². The van der Waals surface area contributed by atoms with Gasteiger partial charge >= 0.3 is 0 Å². The summed E-state index contributed by atoms with van der Waals surface area (Å²) in [6.07, 6.45) is 0. The fraction of sp³-hybridized carbons (Fsp3) is 0. The summed E-state index contributed by atoms with van der Waals surface area (Å²) in [5.74, 6) is 0. The Balaban J connectivity index is 0.758. The van der Waals surface area contributed by atoms with Gasteiger partial charge in [-0.25, -0.2) is 0 Å². The van der Waals surface area contributed by atoms with Crippen molar-refractivity contribution in [2.45, 2.75) is 0 Å². The van der Waals surface area contributed by atoms with Crippen LogP contribution in [-0.2, 0) is 0 Å². The van der Waals surface area contributed by atoms with Crippen LogP contribution >= 0.6 is 0 Å². The van der Waals surface area contributed by atoms with E-state index in [1.807, 2.05) is 0 Å². The van der Waals surface area contributed by atoms with Crippen molar-refractivity contribution in [3.8, 4) is 83.6 Å². The molecule has 0 aliphatic carbocycles. The Hall–Kier alpha value is -10.8. The van der Waals surface area contributed by atoms with Crippen molar-refractivity contribution in [2.75, 3.05) is 4.90 Å². The first-order chi connectivity index (χ1) is 40.6. The Kier molecular flexibility index (Phi) is 12.2. The first-order valence-corrected chi connectivity index (χ1v) is 28.2. The van der Waals surface area contributed by atoms with E-state index in [9.17, 15) is 0 Å². The molecule has 0 bridgehead atoms. The van der Waals surface area contributed by atoms with Crippen LogP contribution < -0.4 is 4.90 Å². The number of anilines is 3. The van der Waals surface area contributed by atoms with E-state index >= 15 is 0 Å². The molecule has 15 rings (SSSR count). The van der Waals surface area contributed by atoms with Crippen molar-refractivity contribution in [1.29, 1.82) is 0 Å². The lowest BCUT2D eigenvalue weighted by Crippen LogP contribution is -2.09. The molecule has 0 N–H and O–H groups in total. The molecule has 0 fully saturated rings. The molecule has 1 aromatic heterocycles. The van der Waals surface area contributed by atoms with Crippen LogP contribution in [-0.4, -0.2) is 4.57 Å². The highest BCUT2D eigenvalue weighted by Crippen LogP contribution is 2.41. The summed E-state index contributed by atoms with van der Waals surface area (Å²) < 4.78 is 2.39. The van der Waals surface area contributed by atoms with E-state index in [2.05, 4.69) is 337 Å². The van der Waals surface area contributed by atoms with E-state index in [1.165, 1.54) is 110 Å². The maximum absolute atomic E-state index is 2.39. The van der Waals surface area contributed by atoms with Crippen LogP contribution in [0.25, 0.3) is 127 Å². The third kappa shape index (κ3) is 8.99. The van der Waals surface area contributed by atoms with Crippen molar-refractivity contribution in [2.24, 2.45) is 0 Å². The van der Waals surface area contributed by atoms with Gasteiger partial charge in [-0.15, -0.1) is 0 Å². The van der Waals surface area contributed by atoms with Crippen LogP contribution in [0.1, 0.15) is 0 Å². The highest BCUT2D eigenvalue weighted by molar-refractivity contribution is 6.09. The molecule has 0 unspecified atom stereocenters. The quantitative estimate of drug-likeness (QED) is 0.125. The maximum atomic E-state index is 2.39. The molecule has 0 saturated carbocycles. The van der Waals surface area contributed by atoms with E-state index < -0.39 is 0 Å². The van der Waals surface area contributed by atoms with E-state index in [1.54, 1.807) is 0 Å². The lowest BCUT2D eigenvalue weighted by Gasteiger charge is -2.26. The minimum absolute atomic E-state index is 1.07.